The fourth-order valence-electron chi connectivity index (χ4n) is 4.10. The van der Waals surface area contributed by atoms with Gasteiger partial charge < -0.3 is 10.0 Å². The molecule has 2 aromatic carbocycles. The fraction of sp³-hybridized carbons (Fsp3) is 0.389. The quantitative estimate of drug-likeness (QED) is 0.806. The van der Waals surface area contributed by atoms with E-state index in [0.717, 1.165) is 6.42 Å². The Balaban J connectivity index is 1.98. The first-order chi connectivity index (χ1) is 9.99. The Morgan fingerprint density at radius 1 is 1.19 bits per heavy atom. The molecule has 0 spiro atoms. The summed E-state index contributed by atoms with van der Waals surface area (Å²) >= 11 is 0. The molecule has 1 amide bonds. The maximum absolute atomic E-state index is 12.3. The molecular formula is C18H19NO2. The van der Waals surface area contributed by atoms with E-state index in [-0.39, 0.29) is 17.5 Å². The number of aliphatic hydroxyl groups is 1. The van der Waals surface area contributed by atoms with Crippen LogP contribution in [0.1, 0.15) is 37.4 Å². The van der Waals surface area contributed by atoms with E-state index in [1.807, 2.05) is 4.90 Å². The van der Waals surface area contributed by atoms with Crippen molar-refractivity contribution in [2.75, 3.05) is 0 Å². The average Bonchev–Trinajstić information content (AvgIpc) is 2.75. The summed E-state index contributed by atoms with van der Waals surface area (Å²) in [5, 5.41) is 12.5. The van der Waals surface area contributed by atoms with Crippen LogP contribution in [0.2, 0.25) is 0 Å². The van der Waals surface area contributed by atoms with Crippen molar-refractivity contribution in [2.45, 2.75) is 44.4 Å². The largest absolute Gasteiger partial charge is 0.383 e. The molecule has 0 saturated carbocycles. The zero-order valence-corrected chi connectivity index (χ0v) is 12.3. The normalized spacial score (nSPS) is 26.8. The second-order valence-corrected chi connectivity index (χ2v) is 6.82. The smallest absolute Gasteiger partial charge is 0.252 e. The molecule has 1 saturated heterocycles. The fourth-order valence-corrected chi connectivity index (χ4v) is 4.10. The molecule has 4 rings (SSSR count). The lowest BCUT2D eigenvalue weighted by Gasteiger charge is -2.45. The zero-order valence-electron chi connectivity index (χ0n) is 12.3. The highest BCUT2D eigenvalue weighted by Gasteiger charge is 2.49. The third-order valence-corrected chi connectivity index (χ3v) is 4.98. The molecule has 2 atom stereocenters. The second kappa shape index (κ2) is 4.08. The highest BCUT2D eigenvalue weighted by atomic mass is 16.3. The average molecular weight is 281 g/mol. The summed E-state index contributed by atoms with van der Waals surface area (Å²) in [5.41, 5.74) is 2.29. The molecule has 2 aromatic rings. The number of benzene rings is 2. The highest BCUT2D eigenvalue weighted by molar-refractivity contribution is 5.90. The van der Waals surface area contributed by atoms with E-state index in [4.69, 9.17) is 0 Å². The van der Waals surface area contributed by atoms with Crippen LogP contribution in [-0.2, 0) is 11.2 Å². The monoisotopic (exact) mass is 281 g/mol. The highest BCUT2D eigenvalue weighted by Crippen LogP contribution is 2.47. The third kappa shape index (κ3) is 1.67. The predicted octanol–water partition coefficient (Wildman–Crippen LogP) is 2.81. The standard InChI is InChI=1S/C18H19NO2/c1-18(2)10-14-12-6-4-3-5-11(12)7-8-13(14)15-9-16(20)17(21)19(15)18/h3-8,15-16,20H,9-10H2,1-2H3/t15-,16+/m0/s1. The molecule has 3 nitrogen and oxygen atoms in total. The minimum Gasteiger partial charge on any atom is -0.383 e. The Bertz CT molecular complexity index is 750. The number of aliphatic hydroxyl groups excluding tert-OH is 1. The second-order valence-electron chi connectivity index (χ2n) is 6.82. The molecule has 0 bridgehead atoms. The van der Waals surface area contributed by atoms with Gasteiger partial charge in [0.05, 0.1) is 6.04 Å². The Kier molecular flexibility index (Phi) is 2.49. The molecule has 108 valence electrons. The number of hydrogen-bond acceptors (Lipinski definition) is 2. The summed E-state index contributed by atoms with van der Waals surface area (Å²) in [6.45, 7) is 4.20. The summed E-state index contributed by atoms with van der Waals surface area (Å²) in [5.74, 6) is -0.121. The molecule has 1 fully saturated rings. The van der Waals surface area contributed by atoms with Crippen molar-refractivity contribution >= 4 is 16.7 Å². The first-order valence-corrected chi connectivity index (χ1v) is 7.51. The topological polar surface area (TPSA) is 40.5 Å². The van der Waals surface area contributed by atoms with Crippen LogP contribution in [0.5, 0.6) is 0 Å². The summed E-state index contributed by atoms with van der Waals surface area (Å²) in [4.78, 5) is 14.2. The Hall–Kier alpha value is -1.87. The SMILES string of the molecule is CC1(C)Cc2c(ccc3ccccc23)[C@@H]2C[C@@H](O)C(=O)N21. The summed E-state index contributed by atoms with van der Waals surface area (Å²) in [7, 11) is 0. The molecule has 2 heterocycles. The van der Waals surface area contributed by atoms with E-state index in [2.05, 4.69) is 50.2 Å². The van der Waals surface area contributed by atoms with Crippen LogP contribution >= 0.6 is 0 Å². The van der Waals surface area contributed by atoms with E-state index >= 15 is 0 Å². The maximum Gasteiger partial charge on any atom is 0.252 e. The van der Waals surface area contributed by atoms with Crippen LogP contribution < -0.4 is 0 Å². The number of amides is 1. The van der Waals surface area contributed by atoms with Crippen molar-refractivity contribution in [1.82, 2.24) is 4.90 Å². The molecule has 1 N–H and O–H groups in total. The predicted molar refractivity (Wildman–Crippen MR) is 81.9 cm³/mol. The van der Waals surface area contributed by atoms with E-state index in [0.29, 0.717) is 6.42 Å². The van der Waals surface area contributed by atoms with Gasteiger partial charge >= 0.3 is 0 Å². The number of hydrogen-bond donors (Lipinski definition) is 1. The van der Waals surface area contributed by atoms with Crippen LogP contribution in [-0.4, -0.2) is 27.6 Å². The van der Waals surface area contributed by atoms with Crippen molar-refractivity contribution in [3.05, 3.63) is 47.5 Å². The van der Waals surface area contributed by atoms with Gasteiger partial charge in [0, 0.05) is 12.0 Å². The van der Waals surface area contributed by atoms with Crippen molar-refractivity contribution in [1.29, 1.82) is 0 Å². The molecule has 0 aliphatic carbocycles. The van der Waals surface area contributed by atoms with Gasteiger partial charge in [-0.25, -0.2) is 0 Å². The molecular weight excluding hydrogens is 262 g/mol. The number of rotatable bonds is 0. The first-order valence-electron chi connectivity index (χ1n) is 7.51. The van der Waals surface area contributed by atoms with Gasteiger partial charge in [0.25, 0.3) is 5.91 Å². The minimum absolute atomic E-state index is 0.0101. The van der Waals surface area contributed by atoms with E-state index in [1.165, 1.54) is 21.9 Å². The molecule has 21 heavy (non-hydrogen) atoms. The Labute approximate surface area is 124 Å². The van der Waals surface area contributed by atoms with E-state index < -0.39 is 6.10 Å². The number of fused-ring (bicyclic) bond motifs is 5. The maximum atomic E-state index is 12.3. The van der Waals surface area contributed by atoms with Crippen LogP contribution in [0.25, 0.3) is 10.8 Å². The summed E-state index contributed by atoms with van der Waals surface area (Å²) in [6, 6.07) is 12.7. The third-order valence-electron chi connectivity index (χ3n) is 4.98. The van der Waals surface area contributed by atoms with Gasteiger partial charge in [-0.2, -0.15) is 0 Å². The van der Waals surface area contributed by atoms with Gasteiger partial charge in [0.15, 0.2) is 0 Å². The van der Waals surface area contributed by atoms with Crippen molar-refractivity contribution < 1.29 is 9.90 Å². The first kappa shape index (κ1) is 12.8. The molecule has 0 radical (unpaired) electrons. The van der Waals surface area contributed by atoms with Gasteiger partial charge in [-0.3, -0.25) is 4.79 Å². The molecule has 0 unspecified atom stereocenters. The Morgan fingerprint density at radius 2 is 1.95 bits per heavy atom. The minimum atomic E-state index is -0.855. The van der Waals surface area contributed by atoms with Crippen LogP contribution in [0.3, 0.4) is 0 Å². The number of carbonyl (C=O) groups is 1. The van der Waals surface area contributed by atoms with Crippen LogP contribution in [0, 0.1) is 0 Å². The van der Waals surface area contributed by atoms with Gasteiger partial charge in [-0.05, 0) is 42.2 Å². The number of nitrogens with zero attached hydrogens (tertiary/aromatic N) is 1. The van der Waals surface area contributed by atoms with Crippen molar-refractivity contribution in [3.8, 4) is 0 Å². The summed E-state index contributed by atoms with van der Waals surface area (Å²) < 4.78 is 0. The lowest BCUT2D eigenvalue weighted by Crippen LogP contribution is -2.51. The van der Waals surface area contributed by atoms with Crippen molar-refractivity contribution in [2.24, 2.45) is 0 Å². The van der Waals surface area contributed by atoms with E-state index in [1.54, 1.807) is 0 Å². The van der Waals surface area contributed by atoms with Gasteiger partial charge in [0.1, 0.15) is 6.10 Å². The molecule has 0 aromatic heterocycles. The molecule has 2 aliphatic rings. The lowest BCUT2D eigenvalue weighted by molar-refractivity contribution is -0.140. The van der Waals surface area contributed by atoms with Gasteiger partial charge in [-0.1, -0.05) is 36.4 Å². The van der Waals surface area contributed by atoms with Gasteiger partial charge in [-0.15, -0.1) is 0 Å². The zero-order chi connectivity index (χ0) is 14.8. The van der Waals surface area contributed by atoms with Crippen molar-refractivity contribution in [3.63, 3.8) is 0 Å². The Morgan fingerprint density at radius 3 is 2.76 bits per heavy atom. The van der Waals surface area contributed by atoms with Crippen LogP contribution in [0.4, 0.5) is 0 Å². The molecule has 2 aliphatic heterocycles. The van der Waals surface area contributed by atoms with Gasteiger partial charge in [0.2, 0.25) is 0 Å². The molecule has 3 heteroatoms. The summed E-state index contributed by atoms with van der Waals surface area (Å²) in [6.07, 6.45) is 0.485. The lowest BCUT2D eigenvalue weighted by atomic mass is 9.80. The number of carbonyl (C=O) groups excluding carboxylic acids is 1. The van der Waals surface area contributed by atoms with E-state index in [9.17, 15) is 9.90 Å². The van der Waals surface area contributed by atoms with Crippen LogP contribution in [0.15, 0.2) is 36.4 Å².